The van der Waals surface area contributed by atoms with Gasteiger partial charge in [-0.15, -0.1) is 0 Å². The van der Waals surface area contributed by atoms with Gasteiger partial charge < -0.3 is 0 Å². The lowest BCUT2D eigenvalue weighted by Crippen LogP contribution is -2.40. The van der Waals surface area contributed by atoms with Gasteiger partial charge in [-0.05, 0) is 51.5 Å². The van der Waals surface area contributed by atoms with E-state index in [-0.39, 0.29) is 0 Å². The predicted molar refractivity (Wildman–Crippen MR) is 87.4 cm³/mol. The second kappa shape index (κ2) is 10.9. The molecule has 2 heteroatoms. The standard InChI is InChI=1S/C16H33NS/c1-6-9-10-11-14(4)13-16(8-3)17(12-7-2)15(5)18/h9-10,14-16,18H,6-8,11-13H2,1-5H3. The molecule has 0 amide bonds. The summed E-state index contributed by atoms with van der Waals surface area (Å²) < 4.78 is 0. The van der Waals surface area contributed by atoms with Gasteiger partial charge >= 0.3 is 0 Å². The molecule has 0 aromatic carbocycles. The molecule has 108 valence electrons. The molecule has 0 aliphatic heterocycles. The van der Waals surface area contributed by atoms with Crippen molar-refractivity contribution < 1.29 is 0 Å². The van der Waals surface area contributed by atoms with Gasteiger partial charge in [0.15, 0.2) is 0 Å². The van der Waals surface area contributed by atoms with E-state index in [4.69, 9.17) is 0 Å². The predicted octanol–water partition coefficient (Wildman–Crippen LogP) is 5.14. The van der Waals surface area contributed by atoms with Crippen LogP contribution in [0.2, 0.25) is 0 Å². The highest BCUT2D eigenvalue weighted by atomic mass is 32.1. The maximum absolute atomic E-state index is 4.64. The van der Waals surface area contributed by atoms with Crippen LogP contribution in [0.15, 0.2) is 12.2 Å². The number of hydrogen-bond donors (Lipinski definition) is 1. The molecule has 18 heavy (non-hydrogen) atoms. The van der Waals surface area contributed by atoms with E-state index in [0.717, 1.165) is 12.3 Å². The molecule has 0 bridgehead atoms. The summed E-state index contributed by atoms with van der Waals surface area (Å²) in [6.07, 6.45) is 10.7. The summed E-state index contributed by atoms with van der Waals surface area (Å²) in [6.45, 7) is 12.5. The van der Waals surface area contributed by atoms with Crippen molar-refractivity contribution in [2.24, 2.45) is 5.92 Å². The lowest BCUT2D eigenvalue weighted by Gasteiger charge is -2.35. The number of nitrogens with zero attached hydrogens (tertiary/aromatic N) is 1. The van der Waals surface area contributed by atoms with Crippen molar-refractivity contribution in [3.05, 3.63) is 12.2 Å². The molecule has 0 aliphatic carbocycles. The molecule has 0 radical (unpaired) electrons. The van der Waals surface area contributed by atoms with Crippen LogP contribution in [0.5, 0.6) is 0 Å². The normalized spacial score (nSPS) is 17.3. The van der Waals surface area contributed by atoms with Crippen LogP contribution >= 0.6 is 12.6 Å². The minimum atomic E-state index is 0.369. The first-order valence-corrected chi connectivity index (χ1v) is 8.17. The Labute approximate surface area is 120 Å². The van der Waals surface area contributed by atoms with Gasteiger partial charge in [0.05, 0.1) is 5.37 Å². The Morgan fingerprint density at radius 2 is 1.78 bits per heavy atom. The fourth-order valence-electron chi connectivity index (χ4n) is 2.53. The van der Waals surface area contributed by atoms with Gasteiger partial charge in [0, 0.05) is 6.04 Å². The van der Waals surface area contributed by atoms with Crippen molar-refractivity contribution in [3.8, 4) is 0 Å². The van der Waals surface area contributed by atoms with E-state index < -0.39 is 0 Å². The molecule has 0 saturated carbocycles. The summed E-state index contributed by atoms with van der Waals surface area (Å²) in [5.74, 6) is 0.768. The maximum Gasteiger partial charge on any atom is 0.0501 e. The van der Waals surface area contributed by atoms with Gasteiger partial charge in [-0.3, -0.25) is 4.90 Å². The fraction of sp³-hybridized carbons (Fsp3) is 0.875. The summed E-state index contributed by atoms with van der Waals surface area (Å²) in [5.41, 5.74) is 0. The second-order valence-corrected chi connectivity index (χ2v) is 6.14. The van der Waals surface area contributed by atoms with Crippen molar-refractivity contribution in [3.63, 3.8) is 0 Å². The van der Waals surface area contributed by atoms with Gasteiger partial charge in [-0.25, -0.2) is 0 Å². The van der Waals surface area contributed by atoms with Gasteiger partial charge in [0.2, 0.25) is 0 Å². The van der Waals surface area contributed by atoms with Gasteiger partial charge in [0.25, 0.3) is 0 Å². The zero-order valence-electron chi connectivity index (χ0n) is 13.0. The Hall–Kier alpha value is 0.0500. The Bertz CT molecular complexity index is 213. The molecule has 0 N–H and O–H groups in total. The Balaban J connectivity index is 4.32. The minimum absolute atomic E-state index is 0.369. The summed E-state index contributed by atoms with van der Waals surface area (Å²) in [5, 5.41) is 0.369. The lowest BCUT2D eigenvalue weighted by molar-refractivity contribution is 0.160. The molecule has 0 rings (SSSR count). The van der Waals surface area contributed by atoms with Gasteiger partial charge in [0.1, 0.15) is 0 Å². The van der Waals surface area contributed by atoms with E-state index >= 15 is 0 Å². The van der Waals surface area contributed by atoms with Crippen LogP contribution in [-0.4, -0.2) is 22.9 Å². The van der Waals surface area contributed by atoms with E-state index in [2.05, 4.69) is 64.3 Å². The highest BCUT2D eigenvalue weighted by molar-refractivity contribution is 7.80. The number of allylic oxidation sites excluding steroid dienone is 2. The van der Waals surface area contributed by atoms with E-state index in [1.807, 2.05) is 0 Å². The number of thiol groups is 1. The smallest absolute Gasteiger partial charge is 0.0501 e. The van der Waals surface area contributed by atoms with Crippen LogP contribution < -0.4 is 0 Å². The van der Waals surface area contributed by atoms with E-state index in [1.54, 1.807) is 0 Å². The average Bonchev–Trinajstić information content (AvgIpc) is 2.33. The first-order chi connectivity index (χ1) is 8.56. The van der Waals surface area contributed by atoms with Crippen LogP contribution in [0, 0.1) is 5.92 Å². The Morgan fingerprint density at radius 1 is 1.11 bits per heavy atom. The Morgan fingerprint density at radius 3 is 2.22 bits per heavy atom. The maximum atomic E-state index is 4.64. The second-order valence-electron chi connectivity index (χ2n) is 5.39. The third-order valence-electron chi connectivity index (χ3n) is 3.52. The molecule has 3 atom stereocenters. The molecule has 3 unspecified atom stereocenters. The SMILES string of the molecule is CCC=CCC(C)CC(CC)N(CCC)C(C)S. The molecule has 0 saturated heterocycles. The zero-order chi connectivity index (χ0) is 14.0. The van der Waals surface area contributed by atoms with Crippen LogP contribution in [0.4, 0.5) is 0 Å². The van der Waals surface area contributed by atoms with Crippen molar-refractivity contribution in [2.45, 2.75) is 78.1 Å². The zero-order valence-corrected chi connectivity index (χ0v) is 13.9. The quantitative estimate of drug-likeness (QED) is 0.327. The molecule has 0 aromatic rings. The topological polar surface area (TPSA) is 3.24 Å². The number of rotatable bonds is 10. The molecular weight excluding hydrogens is 238 g/mol. The molecule has 0 fully saturated rings. The Kier molecular flexibility index (Phi) is 11.0. The molecular formula is C16H33NS. The van der Waals surface area contributed by atoms with Crippen LogP contribution in [-0.2, 0) is 0 Å². The molecule has 0 spiro atoms. The third kappa shape index (κ3) is 7.48. The monoisotopic (exact) mass is 271 g/mol. The van der Waals surface area contributed by atoms with Crippen molar-refractivity contribution in [1.82, 2.24) is 4.90 Å². The third-order valence-corrected chi connectivity index (χ3v) is 3.81. The molecule has 0 heterocycles. The number of hydrogen-bond acceptors (Lipinski definition) is 2. The van der Waals surface area contributed by atoms with Crippen molar-refractivity contribution in [2.75, 3.05) is 6.54 Å². The van der Waals surface area contributed by atoms with Crippen LogP contribution in [0.1, 0.15) is 66.7 Å². The van der Waals surface area contributed by atoms with E-state index in [0.29, 0.717) is 11.4 Å². The van der Waals surface area contributed by atoms with E-state index in [1.165, 1.54) is 32.2 Å². The minimum Gasteiger partial charge on any atom is -0.289 e. The summed E-state index contributed by atoms with van der Waals surface area (Å²) in [6, 6.07) is 0.683. The van der Waals surface area contributed by atoms with Gasteiger partial charge in [-0.1, -0.05) is 39.8 Å². The first-order valence-electron chi connectivity index (χ1n) is 7.65. The van der Waals surface area contributed by atoms with Crippen LogP contribution in [0.25, 0.3) is 0 Å². The molecule has 1 nitrogen and oxygen atoms in total. The summed E-state index contributed by atoms with van der Waals surface area (Å²) in [4.78, 5) is 2.56. The summed E-state index contributed by atoms with van der Waals surface area (Å²) >= 11 is 4.64. The van der Waals surface area contributed by atoms with Crippen molar-refractivity contribution >= 4 is 12.6 Å². The van der Waals surface area contributed by atoms with Crippen molar-refractivity contribution in [1.29, 1.82) is 0 Å². The lowest BCUT2D eigenvalue weighted by atomic mass is 9.95. The average molecular weight is 272 g/mol. The van der Waals surface area contributed by atoms with Gasteiger partial charge in [-0.2, -0.15) is 12.6 Å². The first kappa shape index (κ1) is 18.0. The van der Waals surface area contributed by atoms with E-state index in [9.17, 15) is 0 Å². The fourth-order valence-corrected chi connectivity index (χ4v) is 2.83. The molecule has 0 aromatic heterocycles. The highest BCUT2D eigenvalue weighted by Crippen LogP contribution is 2.21. The highest BCUT2D eigenvalue weighted by Gasteiger charge is 2.20. The summed E-state index contributed by atoms with van der Waals surface area (Å²) in [7, 11) is 0. The molecule has 0 aliphatic rings. The van der Waals surface area contributed by atoms with Crippen LogP contribution in [0.3, 0.4) is 0 Å². The largest absolute Gasteiger partial charge is 0.289 e.